The molecule has 3 rings (SSSR count). The summed E-state index contributed by atoms with van der Waals surface area (Å²) in [5.41, 5.74) is 0.965. The lowest BCUT2D eigenvalue weighted by atomic mass is 9.93. The zero-order valence-corrected chi connectivity index (χ0v) is 15.1. The van der Waals surface area contributed by atoms with Crippen molar-refractivity contribution in [1.29, 1.82) is 0 Å². The molecule has 1 aromatic carbocycles. The van der Waals surface area contributed by atoms with Crippen molar-refractivity contribution in [3.8, 4) is 5.75 Å². The Morgan fingerprint density at radius 2 is 2.04 bits per heavy atom. The minimum Gasteiger partial charge on any atom is -0.497 e. The Labute approximate surface area is 143 Å². The van der Waals surface area contributed by atoms with Gasteiger partial charge in [-0.05, 0) is 29.7 Å². The second-order valence-electron chi connectivity index (χ2n) is 6.26. The number of hydrogen-bond donors (Lipinski definition) is 1. The van der Waals surface area contributed by atoms with E-state index in [0.717, 1.165) is 21.5 Å². The Balaban J connectivity index is 1.81. The molecule has 6 heteroatoms. The van der Waals surface area contributed by atoms with Crippen LogP contribution in [0.2, 0.25) is 0 Å². The summed E-state index contributed by atoms with van der Waals surface area (Å²) in [6, 6.07) is 7.70. The van der Waals surface area contributed by atoms with E-state index in [-0.39, 0.29) is 11.3 Å². The summed E-state index contributed by atoms with van der Waals surface area (Å²) in [7, 11) is 1.64. The maximum atomic E-state index is 12.4. The van der Waals surface area contributed by atoms with Crippen molar-refractivity contribution in [2.75, 3.05) is 12.4 Å². The van der Waals surface area contributed by atoms with Gasteiger partial charge in [0.15, 0.2) is 5.13 Å². The Kier molecular flexibility index (Phi) is 4.12. The van der Waals surface area contributed by atoms with E-state index in [1.165, 1.54) is 22.7 Å². The molecular formula is C17H18N2O2S2. The lowest BCUT2D eigenvalue weighted by molar-refractivity contribution is 0.103. The average Bonchev–Trinajstić information content (AvgIpc) is 3.11. The lowest BCUT2D eigenvalue weighted by Crippen LogP contribution is -2.13. The SMILES string of the molecule is COc1ccc2cc(C(=O)Nc3nc(C(C)(C)C)cs3)sc2c1. The number of fused-ring (bicyclic) bond motifs is 1. The molecule has 0 saturated carbocycles. The number of anilines is 1. The van der Waals surface area contributed by atoms with Gasteiger partial charge in [-0.2, -0.15) is 0 Å². The van der Waals surface area contributed by atoms with Crippen molar-refractivity contribution in [1.82, 2.24) is 4.98 Å². The maximum absolute atomic E-state index is 12.4. The summed E-state index contributed by atoms with van der Waals surface area (Å²) in [5, 5.41) is 6.55. The maximum Gasteiger partial charge on any atom is 0.267 e. The zero-order valence-electron chi connectivity index (χ0n) is 13.5. The summed E-state index contributed by atoms with van der Waals surface area (Å²) in [4.78, 5) is 17.6. The molecule has 120 valence electrons. The predicted molar refractivity (Wildman–Crippen MR) is 97.1 cm³/mol. The highest BCUT2D eigenvalue weighted by Crippen LogP contribution is 2.31. The highest BCUT2D eigenvalue weighted by molar-refractivity contribution is 7.21. The van der Waals surface area contributed by atoms with Crippen LogP contribution in [0.1, 0.15) is 36.1 Å². The number of nitrogens with zero attached hydrogens (tertiary/aromatic N) is 1. The van der Waals surface area contributed by atoms with E-state index in [1.54, 1.807) is 7.11 Å². The topological polar surface area (TPSA) is 51.2 Å². The van der Waals surface area contributed by atoms with E-state index in [4.69, 9.17) is 4.74 Å². The molecular weight excluding hydrogens is 328 g/mol. The number of amides is 1. The van der Waals surface area contributed by atoms with Crippen LogP contribution in [0.15, 0.2) is 29.6 Å². The van der Waals surface area contributed by atoms with Gasteiger partial charge in [0, 0.05) is 15.5 Å². The predicted octanol–water partition coefficient (Wildman–Crippen LogP) is 4.92. The summed E-state index contributed by atoms with van der Waals surface area (Å²) in [5.74, 6) is 0.668. The third kappa shape index (κ3) is 3.38. The van der Waals surface area contributed by atoms with E-state index in [1.807, 2.05) is 29.6 Å². The van der Waals surface area contributed by atoms with Gasteiger partial charge < -0.3 is 4.74 Å². The number of rotatable bonds is 3. The van der Waals surface area contributed by atoms with E-state index in [0.29, 0.717) is 10.0 Å². The first-order valence-corrected chi connectivity index (χ1v) is 8.91. The first-order valence-electron chi connectivity index (χ1n) is 7.22. The molecule has 0 aliphatic rings. The number of nitrogens with one attached hydrogen (secondary N) is 1. The minimum absolute atomic E-state index is 0.0202. The fourth-order valence-electron chi connectivity index (χ4n) is 2.08. The van der Waals surface area contributed by atoms with Crippen LogP contribution in [0, 0.1) is 0 Å². The van der Waals surface area contributed by atoms with Gasteiger partial charge in [-0.25, -0.2) is 4.98 Å². The van der Waals surface area contributed by atoms with Crippen LogP contribution in [0.5, 0.6) is 5.75 Å². The van der Waals surface area contributed by atoms with Gasteiger partial charge in [0.2, 0.25) is 0 Å². The van der Waals surface area contributed by atoms with Crippen molar-refractivity contribution in [2.45, 2.75) is 26.2 Å². The Morgan fingerprint density at radius 1 is 1.26 bits per heavy atom. The first kappa shape index (κ1) is 16.0. The number of carbonyl (C=O) groups excluding carboxylic acids is 1. The molecule has 4 nitrogen and oxygen atoms in total. The van der Waals surface area contributed by atoms with Gasteiger partial charge in [-0.15, -0.1) is 22.7 Å². The van der Waals surface area contributed by atoms with Crippen molar-refractivity contribution in [3.05, 3.63) is 40.2 Å². The minimum atomic E-state index is -0.125. The molecule has 0 unspecified atom stereocenters. The summed E-state index contributed by atoms with van der Waals surface area (Å²) in [6.07, 6.45) is 0. The molecule has 2 heterocycles. The molecule has 0 aliphatic carbocycles. The smallest absolute Gasteiger partial charge is 0.267 e. The van der Waals surface area contributed by atoms with Gasteiger partial charge in [-0.1, -0.05) is 20.8 Å². The number of methoxy groups -OCH3 is 1. The molecule has 0 fully saturated rings. The molecule has 2 aromatic heterocycles. The number of carbonyl (C=O) groups is 1. The molecule has 0 aliphatic heterocycles. The number of thiazole rings is 1. The van der Waals surface area contributed by atoms with E-state index in [9.17, 15) is 4.79 Å². The van der Waals surface area contributed by atoms with Gasteiger partial charge in [0.05, 0.1) is 17.7 Å². The van der Waals surface area contributed by atoms with Crippen LogP contribution in [-0.2, 0) is 5.41 Å². The van der Waals surface area contributed by atoms with Crippen molar-refractivity contribution in [2.24, 2.45) is 0 Å². The molecule has 0 atom stereocenters. The fraction of sp³-hybridized carbons (Fsp3) is 0.294. The number of thiophene rings is 1. The summed E-state index contributed by atoms with van der Waals surface area (Å²) >= 11 is 2.91. The summed E-state index contributed by atoms with van der Waals surface area (Å²) in [6.45, 7) is 6.31. The molecule has 1 amide bonds. The Morgan fingerprint density at radius 3 is 2.70 bits per heavy atom. The van der Waals surface area contributed by atoms with E-state index in [2.05, 4.69) is 31.1 Å². The van der Waals surface area contributed by atoms with E-state index < -0.39 is 0 Å². The highest BCUT2D eigenvalue weighted by Gasteiger charge is 2.19. The number of hydrogen-bond acceptors (Lipinski definition) is 5. The second kappa shape index (κ2) is 5.94. The van der Waals surface area contributed by atoms with Gasteiger partial charge in [0.1, 0.15) is 5.75 Å². The highest BCUT2D eigenvalue weighted by atomic mass is 32.1. The molecule has 1 N–H and O–H groups in total. The number of benzene rings is 1. The third-order valence-electron chi connectivity index (χ3n) is 3.44. The Bertz CT molecular complexity index is 859. The first-order chi connectivity index (χ1) is 10.9. The second-order valence-corrected chi connectivity index (χ2v) is 8.20. The molecule has 0 bridgehead atoms. The average molecular weight is 346 g/mol. The molecule has 0 spiro atoms. The normalized spacial score (nSPS) is 11.7. The van der Waals surface area contributed by atoms with Gasteiger partial charge >= 0.3 is 0 Å². The van der Waals surface area contributed by atoms with Crippen LogP contribution in [0.25, 0.3) is 10.1 Å². The van der Waals surface area contributed by atoms with Crippen molar-refractivity contribution >= 4 is 43.8 Å². The third-order valence-corrected chi connectivity index (χ3v) is 5.30. The van der Waals surface area contributed by atoms with Crippen LogP contribution < -0.4 is 10.1 Å². The fourth-order valence-corrected chi connectivity index (χ4v) is 4.00. The number of aromatic nitrogens is 1. The van der Waals surface area contributed by atoms with Crippen LogP contribution >= 0.6 is 22.7 Å². The molecule has 3 aromatic rings. The molecule has 23 heavy (non-hydrogen) atoms. The van der Waals surface area contributed by atoms with E-state index >= 15 is 0 Å². The zero-order chi connectivity index (χ0) is 16.6. The van der Waals surface area contributed by atoms with Crippen molar-refractivity contribution in [3.63, 3.8) is 0 Å². The van der Waals surface area contributed by atoms with Crippen LogP contribution in [0.4, 0.5) is 5.13 Å². The largest absolute Gasteiger partial charge is 0.497 e. The molecule has 0 radical (unpaired) electrons. The van der Waals surface area contributed by atoms with Crippen LogP contribution in [0.3, 0.4) is 0 Å². The van der Waals surface area contributed by atoms with Crippen molar-refractivity contribution < 1.29 is 9.53 Å². The molecule has 0 saturated heterocycles. The lowest BCUT2D eigenvalue weighted by Gasteiger charge is -2.14. The van der Waals surface area contributed by atoms with Gasteiger partial charge in [-0.3, -0.25) is 10.1 Å². The quantitative estimate of drug-likeness (QED) is 0.732. The monoisotopic (exact) mass is 346 g/mol. The van der Waals surface area contributed by atoms with Gasteiger partial charge in [0.25, 0.3) is 5.91 Å². The number of ether oxygens (including phenoxy) is 1. The standard InChI is InChI=1S/C17H18N2O2S2/c1-17(2,3)14-9-22-16(18-14)19-15(20)13-7-10-5-6-11(21-4)8-12(10)23-13/h5-9H,1-4H3,(H,18,19,20). The summed E-state index contributed by atoms with van der Waals surface area (Å²) < 4.78 is 6.25. The van der Waals surface area contributed by atoms with Crippen LogP contribution in [-0.4, -0.2) is 18.0 Å². The Hall–Kier alpha value is -1.92.